The molecule has 0 saturated heterocycles. The average molecular weight is 311 g/mol. The van der Waals surface area contributed by atoms with Gasteiger partial charge in [0.1, 0.15) is 4.88 Å². The van der Waals surface area contributed by atoms with Crippen LogP contribution in [0.25, 0.3) is 0 Å². The molecule has 2 rings (SSSR count). The van der Waals surface area contributed by atoms with Crippen molar-refractivity contribution in [3.05, 3.63) is 47.0 Å². The molecule has 1 aromatic heterocycles. The second-order valence-electron chi connectivity index (χ2n) is 4.07. The van der Waals surface area contributed by atoms with E-state index in [1.54, 1.807) is 24.4 Å². The van der Waals surface area contributed by atoms with Crippen molar-refractivity contribution in [2.75, 3.05) is 6.54 Å². The molecule has 0 fully saturated rings. The van der Waals surface area contributed by atoms with Gasteiger partial charge in [0.05, 0.1) is 4.90 Å². The van der Waals surface area contributed by atoms with Gasteiger partial charge in [-0.3, -0.25) is 4.79 Å². The Morgan fingerprint density at radius 3 is 2.50 bits per heavy atom. The molecule has 0 saturated carbocycles. The smallest absolute Gasteiger partial charge is 0.262 e. The van der Waals surface area contributed by atoms with E-state index in [2.05, 4.69) is 9.69 Å². The Labute approximate surface area is 120 Å². The maximum absolute atomic E-state index is 11.6. The summed E-state index contributed by atoms with van der Waals surface area (Å²) in [6, 6.07) is 7.92. The fourth-order valence-electron chi connectivity index (χ4n) is 1.59. The summed E-state index contributed by atoms with van der Waals surface area (Å²) in [7, 11) is -3.66. The Bertz CT molecular complexity index is 679. The summed E-state index contributed by atoms with van der Waals surface area (Å²) in [6.07, 6.45) is 2.18. The zero-order valence-corrected chi connectivity index (χ0v) is 12.1. The van der Waals surface area contributed by atoms with Gasteiger partial charge in [0, 0.05) is 12.7 Å². The number of amides is 1. The van der Waals surface area contributed by atoms with E-state index >= 15 is 0 Å². The first-order valence-corrected chi connectivity index (χ1v) is 8.09. The summed E-state index contributed by atoms with van der Waals surface area (Å²) in [4.78, 5) is 12.3. The van der Waals surface area contributed by atoms with Gasteiger partial charge in [-0.05, 0) is 41.7 Å². The number of primary sulfonamides is 1. The van der Waals surface area contributed by atoms with Crippen LogP contribution >= 0.6 is 11.5 Å². The molecule has 8 heteroatoms. The van der Waals surface area contributed by atoms with E-state index in [-0.39, 0.29) is 10.8 Å². The Hall–Kier alpha value is -1.77. The molecule has 1 amide bonds. The van der Waals surface area contributed by atoms with Crippen molar-refractivity contribution < 1.29 is 13.2 Å². The number of nitrogens with one attached hydrogen (secondary N) is 1. The minimum atomic E-state index is -3.66. The first kappa shape index (κ1) is 14.6. The van der Waals surface area contributed by atoms with E-state index in [1.165, 1.54) is 12.1 Å². The van der Waals surface area contributed by atoms with Crippen molar-refractivity contribution in [3.63, 3.8) is 0 Å². The molecule has 2 aromatic rings. The predicted molar refractivity (Wildman–Crippen MR) is 76.0 cm³/mol. The van der Waals surface area contributed by atoms with Gasteiger partial charge < -0.3 is 5.32 Å². The van der Waals surface area contributed by atoms with Crippen LogP contribution in [-0.4, -0.2) is 25.2 Å². The van der Waals surface area contributed by atoms with E-state index < -0.39 is 10.0 Å². The van der Waals surface area contributed by atoms with Crippen LogP contribution in [0.1, 0.15) is 15.2 Å². The van der Waals surface area contributed by atoms with Crippen LogP contribution in [0.4, 0.5) is 0 Å². The third-order valence-electron chi connectivity index (χ3n) is 2.61. The van der Waals surface area contributed by atoms with Gasteiger partial charge in [-0.15, -0.1) is 0 Å². The van der Waals surface area contributed by atoms with Gasteiger partial charge in [0.25, 0.3) is 5.91 Å². The Balaban J connectivity index is 1.87. The summed E-state index contributed by atoms with van der Waals surface area (Å²) < 4.78 is 26.0. The normalized spacial score (nSPS) is 11.2. The quantitative estimate of drug-likeness (QED) is 0.851. The van der Waals surface area contributed by atoms with E-state index in [1.807, 2.05) is 0 Å². The number of rotatable bonds is 5. The molecule has 0 bridgehead atoms. The number of hydrogen-bond donors (Lipinski definition) is 2. The highest BCUT2D eigenvalue weighted by Crippen LogP contribution is 2.09. The molecular weight excluding hydrogens is 298 g/mol. The number of nitrogens with zero attached hydrogens (tertiary/aromatic N) is 1. The maximum Gasteiger partial charge on any atom is 0.262 e. The summed E-state index contributed by atoms with van der Waals surface area (Å²) in [5.74, 6) is -0.159. The molecule has 0 aliphatic heterocycles. The molecule has 0 spiro atoms. The Morgan fingerprint density at radius 1 is 1.25 bits per heavy atom. The average Bonchev–Trinajstić information content (AvgIpc) is 2.92. The van der Waals surface area contributed by atoms with Gasteiger partial charge in [-0.2, -0.15) is 0 Å². The summed E-state index contributed by atoms with van der Waals surface area (Å²) >= 11 is 1.14. The van der Waals surface area contributed by atoms with Crippen molar-refractivity contribution >= 4 is 27.5 Å². The second-order valence-corrected chi connectivity index (χ2v) is 6.47. The van der Waals surface area contributed by atoms with Gasteiger partial charge in [0.2, 0.25) is 10.0 Å². The lowest BCUT2D eigenvalue weighted by atomic mass is 10.1. The van der Waals surface area contributed by atoms with E-state index in [0.717, 1.165) is 17.1 Å². The first-order chi connectivity index (χ1) is 9.47. The summed E-state index contributed by atoms with van der Waals surface area (Å²) in [6.45, 7) is 0.464. The molecule has 6 nitrogen and oxygen atoms in total. The van der Waals surface area contributed by atoms with Crippen LogP contribution in [-0.2, 0) is 16.4 Å². The number of sulfonamides is 1. The van der Waals surface area contributed by atoms with Crippen molar-refractivity contribution in [2.45, 2.75) is 11.3 Å². The largest absolute Gasteiger partial charge is 0.351 e. The Kier molecular flexibility index (Phi) is 4.48. The second kappa shape index (κ2) is 6.12. The molecule has 0 atom stereocenters. The number of nitrogens with two attached hydrogens (primary N) is 1. The van der Waals surface area contributed by atoms with Crippen LogP contribution < -0.4 is 10.5 Å². The molecule has 1 heterocycles. The maximum atomic E-state index is 11.6. The molecule has 0 radical (unpaired) electrons. The third kappa shape index (κ3) is 3.86. The van der Waals surface area contributed by atoms with E-state index in [4.69, 9.17) is 5.14 Å². The van der Waals surface area contributed by atoms with Gasteiger partial charge in [-0.25, -0.2) is 17.9 Å². The van der Waals surface area contributed by atoms with Crippen LogP contribution in [0.5, 0.6) is 0 Å². The van der Waals surface area contributed by atoms with Gasteiger partial charge in [0.15, 0.2) is 0 Å². The van der Waals surface area contributed by atoms with Crippen molar-refractivity contribution in [1.29, 1.82) is 0 Å². The molecule has 106 valence electrons. The predicted octanol–water partition coefficient (Wildman–Crippen LogP) is 0.763. The number of carbonyl (C=O) groups excluding carboxylic acids is 1. The lowest BCUT2D eigenvalue weighted by Gasteiger charge is -2.04. The number of benzene rings is 1. The van der Waals surface area contributed by atoms with E-state index in [9.17, 15) is 13.2 Å². The number of carbonyl (C=O) groups is 1. The molecule has 20 heavy (non-hydrogen) atoms. The SMILES string of the molecule is NS(=O)(=O)c1ccc(CCNC(=O)c2ccns2)cc1. The highest BCUT2D eigenvalue weighted by atomic mass is 32.2. The molecule has 0 aliphatic rings. The van der Waals surface area contributed by atoms with Gasteiger partial charge >= 0.3 is 0 Å². The van der Waals surface area contributed by atoms with Crippen molar-refractivity contribution in [2.24, 2.45) is 5.14 Å². The first-order valence-electron chi connectivity index (χ1n) is 5.77. The van der Waals surface area contributed by atoms with Crippen LogP contribution in [0, 0.1) is 0 Å². The van der Waals surface area contributed by atoms with Crippen LogP contribution in [0.3, 0.4) is 0 Å². The van der Waals surface area contributed by atoms with Crippen molar-refractivity contribution in [3.8, 4) is 0 Å². The molecular formula is C12H13N3O3S2. The number of aromatic nitrogens is 1. The molecule has 0 unspecified atom stereocenters. The van der Waals surface area contributed by atoms with Gasteiger partial charge in [-0.1, -0.05) is 12.1 Å². The Morgan fingerprint density at radius 2 is 1.95 bits per heavy atom. The summed E-state index contributed by atoms with van der Waals surface area (Å²) in [5.41, 5.74) is 0.919. The number of hydrogen-bond acceptors (Lipinski definition) is 5. The minimum absolute atomic E-state index is 0.0787. The zero-order valence-electron chi connectivity index (χ0n) is 10.4. The molecule has 1 aromatic carbocycles. The fraction of sp³-hybridized carbons (Fsp3) is 0.167. The molecule has 3 N–H and O–H groups in total. The molecule has 0 aliphatic carbocycles. The van der Waals surface area contributed by atoms with Crippen LogP contribution in [0.15, 0.2) is 41.4 Å². The third-order valence-corrected chi connectivity index (χ3v) is 4.29. The van der Waals surface area contributed by atoms with Crippen molar-refractivity contribution in [1.82, 2.24) is 9.69 Å². The van der Waals surface area contributed by atoms with E-state index in [0.29, 0.717) is 17.8 Å². The fourth-order valence-corrected chi connectivity index (χ4v) is 2.61. The monoisotopic (exact) mass is 311 g/mol. The summed E-state index contributed by atoms with van der Waals surface area (Å²) in [5, 5.41) is 7.78. The zero-order chi connectivity index (χ0) is 14.6. The highest BCUT2D eigenvalue weighted by molar-refractivity contribution is 7.89. The minimum Gasteiger partial charge on any atom is -0.351 e. The topological polar surface area (TPSA) is 102 Å². The lowest BCUT2D eigenvalue weighted by Crippen LogP contribution is -2.24. The van der Waals surface area contributed by atoms with Crippen LogP contribution in [0.2, 0.25) is 0 Å². The lowest BCUT2D eigenvalue weighted by molar-refractivity contribution is 0.0958. The standard InChI is InChI=1S/C12H13N3O3S2/c13-20(17,18)10-3-1-9(2-4-10)5-7-14-12(16)11-6-8-15-19-11/h1-4,6,8H,5,7H2,(H,14,16)(H2,13,17,18). The highest BCUT2D eigenvalue weighted by Gasteiger charge is 2.08.